The van der Waals surface area contributed by atoms with Gasteiger partial charge in [0.15, 0.2) is 11.5 Å². The van der Waals surface area contributed by atoms with Crippen LogP contribution in [0.1, 0.15) is 20.8 Å². The summed E-state index contributed by atoms with van der Waals surface area (Å²) in [6, 6.07) is 2.68. The molecule has 92 valence electrons. The third kappa shape index (κ3) is 1.98. The van der Waals surface area contributed by atoms with Gasteiger partial charge in [0.05, 0.1) is 17.4 Å². The average molecular weight is 247 g/mol. The molecule has 2 aromatic rings. The number of nitrogen functional groups attached to an aromatic ring is 1. The standard InChI is InChI=1S/C10H9N5O3/c11-6-1-2-7(10(17)18)14-9(6)15-4-5(3-13-15)8(12)16/h1-4H,11H2,(H2,12,16)(H,17,18). The number of nitrogens with two attached hydrogens (primary N) is 2. The first kappa shape index (κ1) is 11.6. The molecule has 0 aliphatic heterocycles. The Morgan fingerprint density at radius 3 is 2.61 bits per heavy atom. The van der Waals surface area contributed by atoms with Gasteiger partial charge < -0.3 is 16.6 Å². The Kier molecular flexibility index (Phi) is 2.68. The topological polar surface area (TPSA) is 137 Å². The van der Waals surface area contributed by atoms with Crippen molar-refractivity contribution < 1.29 is 14.7 Å². The third-order valence-electron chi connectivity index (χ3n) is 2.21. The lowest BCUT2D eigenvalue weighted by Crippen LogP contribution is -2.10. The number of anilines is 1. The zero-order valence-electron chi connectivity index (χ0n) is 9.07. The molecule has 2 rings (SSSR count). The Balaban J connectivity index is 2.51. The molecule has 0 unspecified atom stereocenters. The predicted octanol–water partition coefficient (Wildman–Crippen LogP) is -0.353. The van der Waals surface area contributed by atoms with Gasteiger partial charge in [0.25, 0.3) is 5.91 Å². The fourth-order valence-corrected chi connectivity index (χ4v) is 1.33. The lowest BCUT2D eigenvalue weighted by molar-refractivity contribution is 0.0690. The molecule has 0 radical (unpaired) electrons. The van der Waals surface area contributed by atoms with E-state index in [-0.39, 0.29) is 22.8 Å². The zero-order valence-corrected chi connectivity index (χ0v) is 9.07. The normalized spacial score (nSPS) is 10.2. The monoisotopic (exact) mass is 247 g/mol. The molecule has 0 atom stereocenters. The summed E-state index contributed by atoms with van der Waals surface area (Å²) < 4.78 is 1.20. The van der Waals surface area contributed by atoms with E-state index >= 15 is 0 Å². The number of carbonyl (C=O) groups excluding carboxylic acids is 1. The quantitative estimate of drug-likeness (QED) is 0.677. The van der Waals surface area contributed by atoms with Crippen molar-refractivity contribution in [3.05, 3.63) is 35.8 Å². The van der Waals surface area contributed by atoms with Crippen molar-refractivity contribution in [1.29, 1.82) is 0 Å². The van der Waals surface area contributed by atoms with Gasteiger partial charge in [-0.3, -0.25) is 4.79 Å². The van der Waals surface area contributed by atoms with E-state index in [1.807, 2.05) is 0 Å². The molecule has 0 bridgehead atoms. The van der Waals surface area contributed by atoms with Gasteiger partial charge in [-0.1, -0.05) is 0 Å². The Morgan fingerprint density at radius 2 is 2.06 bits per heavy atom. The summed E-state index contributed by atoms with van der Waals surface area (Å²) >= 11 is 0. The smallest absolute Gasteiger partial charge is 0.354 e. The zero-order chi connectivity index (χ0) is 13.3. The van der Waals surface area contributed by atoms with Crippen molar-refractivity contribution in [3.8, 4) is 5.82 Å². The number of carboxylic acids is 1. The van der Waals surface area contributed by atoms with Crippen LogP contribution >= 0.6 is 0 Å². The molecule has 18 heavy (non-hydrogen) atoms. The third-order valence-corrected chi connectivity index (χ3v) is 2.21. The van der Waals surface area contributed by atoms with E-state index in [0.717, 1.165) is 0 Å². The van der Waals surface area contributed by atoms with E-state index in [2.05, 4.69) is 10.1 Å². The van der Waals surface area contributed by atoms with Crippen molar-refractivity contribution in [2.24, 2.45) is 5.73 Å². The Morgan fingerprint density at radius 1 is 1.33 bits per heavy atom. The average Bonchev–Trinajstić information content (AvgIpc) is 2.78. The van der Waals surface area contributed by atoms with Crippen LogP contribution < -0.4 is 11.5 Å². The Labute approximate surface area is 101 Å². The Hall–Kier alpha value is -2.90. The number of nitrogens with zero attached hydrogens (tertiary/aromatic N) is 3. The first-order chi connectivity index (χ1) is 8.49. The van der Waals surface area contributed by atoms with Gasteiger partial charge in [-0.25, -0.2) is 14.5 Å². The predicted molar refractivity (Wildman–Crippen MR) is 61.2 cm³/mol. The van der Waals surface area contributed by atoms with Crippen LogP contribution in [0.2, 0.25) is 0 Å². The molecule has 1 amide bonds. The largest absolute Gasteiger partial charge is 0.477 e. The van der Waals surface area contributed by atoms with Crippen LogP contribution in [0.3, 0.4) is 0 Å². The number of carbonyl (C=O) groups is 2. The number of amides is 1. The molecule has 0 saturated heterocycles. The van der Waals surface area contributed by atoms with E-state index in [0.29, 0.717) is 0 Å². The van der Waals surface area contributed by atoms with Crippen LogP contribution in [-0.4, -0.2) is 31.7 Å². The summed E-state index contributed by atoms with van der Waals surface area (Å²) in [5.74, 6) is -1.70. The SMILES string of the molecule is NC(=O)c1cnn(-c2nc(C(=O)O)ccc2N)c1. The van der Waals surface area contributed by atoms with Crippen molar-refractivity contribution in [2.45, 2.75) is 0 Å². The minimum Gasteiger partial charge on any atom is -0.477 e. The van der Waals surface area contributed by atoms with E-state index in [1.165, 1.54) is 29.2 Å². The lowest BCUT2D eigenvalue weighted by Gasteiger charge is -2.05. The molecule has 0 aliphatic rings. The van der Waals surface area contributed by atoms with E-state index in [9.17, 15) is 9.59 Å². The first-order valence-electron chi connectivity index (χ1n) is 4.83. The number of carboxylic acid groups (broad SMARTS) is 1. The highest BCUT2D eigenvalue weighted by molar-refractivity contribution is 5.92. The van der Waals surface area contributed by atoms with Crippen LogP contribution in [0.15, 0.2) is 24.5 Å². The molecule has 0 saturated carbocycles. The number of hydrogen-bond donors (Lipinski definition) is 3. The first-order valence-corrected chi connectivity index (χ1v) is 4.83. The van der Waals surface area contributed by atoms with E-state index in [4.69, 9.17) is 16.6 Å². The van der Waals surface area contributed by atoms with E-state index in [1.54, 1.807) is 0 Å². The molecule has 0 aromatic carbocycles. The van der Waals surface area contributed by atoms with Gasteiger partial charge in [-0.15, -0.1) is 0 Å². The van der Waals surface area contributed by atoms with Gasteiger partial charge in [-0.2, -0.15) is 5.10 Å². The molecular weight excluding hydrogens is 238 g/mol. The van der Waals surface area contributed by atoms with E-state index < -0.39 is 11.9 Å². The summed E-state index contributed by atoms with van der Waals surface area (Å²) in [6.45, 7) is 0. The van der Waals surface area contributed by atoms with Gasteiger partial charge in [0, 0.05) is 6.20 Å². The summed E-state index contributed by atoms with van der Waals surface area (Å²) in [7, 11) is 0. The second-order valence-electron chi connectivity index (χ2n) is 3.45. The van der Waals surface area contributed by atoms with Gasteiger partial charge in [0.2, 0.25) is 0 Å². The van der Waals surface area contributed by atoms with Crippen molar-refractivity contribution >= 4 is 17.6 Å². The number of pyridine rings is 1. The molecule has 0 spiro atoms. The van der Waals surface area contributed by atoms with Gasteiger partial charge >= 0.3 is 5.97 Å². The number of rotatable bonds is 3. The molecule has 0 fully saturated rings. The summed E-state index contributed by atoms with van der Waals surface area (Å²) in [6.07, 6.45) is 2.57. The molecule has 8 heteroatoms. The lowest BCUT2D eigenvalue weighted by atomic mass is 10.3. The second-order valence-corrected chi connectivity index (χ2v) is 3.45. The highest BCUT2D eigenvalue weighted by Crippen LogP contribution is 2.15. The van der Waals surface area contributed by atoms with Gasteiger partial charge in [0.1, 0.15) is 0 Å². The highest BCUT2D eigenvalue weighted by Gasteiger charge is 2.12. The summed E-state index contributed by atoms with van der Waals surface area (Å²) in [4.78, 5) is 25.6. The minimum atomic E-state index is -1.18. The van der Waals surface area contributed by atoms with Crippen LogP contribution in [0.5, 0.6) is 0 Å². The number of hydrogen-bond acceptors (Lipinski definition) is 5. The fourth-order valence-electron chi connectivity index (χ4n) is 1.33. The fraction of sp³-hybridized carbons (Fsp3) is 0. The highest BCUT2D eigenvalue weighted by atomic mass is 16.4. The Bertz CT molecular complexity index is 634. The van der Waals surface area contributed by atoms with Crippen molar-refractivity contribution in [1.82, 2.24) is 14.8 Å². The van der Waals surface area contributed by atoms with Crippen LogP contribution in [-0.2, 0) is 0 Å². The maximum atomic E-state index is 10.9. The van der Waals surface area contributed by atoms with Gasteiger partial charge in [-0.05, 0) is 12.1 Å². The summed E-state index contributed by atoms with van der Waals surface area (Å²) in [5.41, 5.74) is 11.0. The molecule has 2 aromatic heterocycles. The summed E-state index contributed by atoms with van der Waals surface area (Å²) in [5, 5.41) is 12.7. The van der Waals surface area contributed by atoms with Crippen molar-refractivity contribution in [3.63, 3.8) is 0 Å². The van der Waals surface area contributed by atoms with Crippen LogP contribution in [0.4, 0.5) is 5.69 Å². The van der Waals surface area contributed by atoms with Crippen molar-refractivity contribution in [2.75, 3.05) is 5.73 Å². The molecule has 8 nitrogen and oxygen atoms in total. The molecule has 2 heterocycles. The number of aromatic nitrogens is 3. The maximum absolute atomic E-state index is 10.9. The molecule has 5 N–H and O–H groups in total. The molecular formula is C10H9N5O3. The number of aromatic carboxylic acids is 1. The molecule has 0 aliphatic carbocycles. The second kappa shape index (κ2) is 4.17. The number of primary amides is 1. The van der Waals surface area contributed by atoms with Crippen LogP contribution in [0, 0.1) is 0 Å². The van der Waals surface area contributed by atoms with Crippen LogP contribution in [0.25, 0.3) is 5.82 Å². The minimum absolute atomic E-state index is 0.127. The maximum Gasteiger partial charge on any atom is 0.354 e.